The van der Waals surface area contributed by atoms with Crippen LogP contribution in [0.4, 0.5) is 5.69 Å². The number of hydrogen-bond acceptors (Lipinski definition) is 3. The molecule has 0 fully saturated rings. The molecule has 0 aliphatic carbocycles. The van der Waals surface area contributed by atoms with Crippen molar-refractivity contribution >= 4 is 42.4 Å². The molecule has 2 aromatic carbocycles. The van der Waals surface area contributed by atoms with E-state index in [-0.39, 0.29) is 4.90 Å². The number of sulfonamides is 1. The lowest BCUT2D eigenvalue weighted by Crippen LogP contribution is -2.12. The van der Waals surface area contributed by atoms with Crippen molar-refractivity contribution in [3.8, 4) is 0 Å². The van der Waals surface area contributed by atoms with E-state index >= 15 is 0 Å². The lowest BCUT2D eigenvalue weighted by Gasteiger charge is -2.07. The molecule has 0 saturated carbocycles. The van der Waals surface area contributed by atoms with E-state index in [9.17, 15) is 8.42 Å². The Labute approximate surface area is 130 Å². The highest BCUT2D eigenvalue weighted by atomic mass is 79.9. The summed E-state index contributed by atoms with van der Waals surface area (Å²) in [6.45, 7) is 0. The Morgan fingerprint density at radius 1 is 1.14 bits per heavy atom. The summed E-state index contributed by atoms with van der Waals surface area (Å²) in [4.78, 5) is 0.140. The first-order valence-electron chi connectivity index (χ1n) is 6.15. The number of benzene rings is 2. The van der Waals surface area contributed by atoms with Crippen molar-refractivity contribution in [3.05, 3.63) is 53.3 Å². The maximum absolute atomic E-state index is 12.2. The van der Waals surface area contributed by atoms with Gasteiger partial charge in [0, 0.05) is 23.4 Å². The normalized spacial score (nSPS) is 11.7. The summed E-state index contributed by atoms with van der Waals surface area (Å²) in [6, 6.07) is 11.2. The van der Waals surface area contributed by atoms with Gasteiger partial charge < -0.3 is 0 Å². The minimum atomic E-state index is -3.61. The number of aromatic nitrogens is 2. The molecule has 0 saturated heterocycles. The number of nitrogens with zero attached hydrogens (tertiary/aromatic N) is 2. The molecule has 0 aliphatic rings. The first-order valence-corrected chi connectivity index (χ1v) is 8.42. The molecular formula is C14H12BrN3O2S. The molecule has 5 nitrogen and oxygen atoms in total. The maximum atomic E-state index is 12.2. The van der Waals surface area contributed by atoms with E-state index in [1.165, 1.54) is 17.1 Å². The summed E-state index contributed by atoms with van der Waals surface area (Å²) < 4.78 is 29.5. The van der Waals surface area contributed by atoms with E-state index in [4.69, 9.17) is 0 Å². The van der Waals surface area contributed by atoms with Crippen LogP contribution in [0, 0.1) is 0 Å². The zero-order chi connectivity index (χ0) is 15.0. The second kappa shape index (κ2) is 5.16. The molecule has 0 bridgehead atoms. The molecule has 0 aliphatic heterocycles. The predicted octanol–water partition coefficient (Wildman–Crippen LogP) is 3.14. The van der Waals surface area contributed by atoms with E-state index in [1.807, 2.05) is 24.3 Å². The van der Waals surface area contributed by atoms with Crippen molar-refractivity contribution in [2.45, 2.75) is 4.90 Å². The fraction of sp³-hybridized carbons (Fsp3) is 0.0714. The summed E-state index contributed by atoms with van der Waals surface area (Å²) in [5.74, 6) is 0. The van der Waals surface area contributed by atoms with Gasteiger partial charge in [0.1, 0.15) is 4.90 Å². The highest BCUT2D eigenvalue weighted by molar-refractivity contribution is 9.10. The van der Waals surface area contributed by atoms with Crippen molar-refractivity contribution < 1.29 is 8.42 Å². The molecule has 1 N–H and O–H groups in total. The van der Waals surface area contributed by atoms with Crippen molar-refractivity contribution in [1.82, 2.24) is 9.78 Å². The summed E-state index contributed by atoms with van der Waals surface area (Å²) >= 11 is 3.41. The average Bonchev–Trinajstić information content (AvgIpc) is 2.86. The van der Waals surface area contributed by atoms with Crippen LogP contribution in [-0.2, 0) is 17.1 Å². The number of fused-ring (bicyclic) bond motifs is 1. The zero-order valence-electron chi connectivity index (χ0n) is 11.1. The fourth-order valence-corrected chi connectivity index (χ4v) is 3.44. The van der Waals surface area contributed by atoms with Gasteiger partial charge in [0.25, 0.3) is 10.0 Å². The molecular weight excluding hydrogens is 354 g/mol. The number of hydrogen-bond donors (Lipinski definition) is 1. The number of halogens is 1. The molecule has 0 unspecified atom stereocenters. The highest BCUT2D eigenvalue weighted by Crippen LogP contribution is 2.24. The van der Waals surface area contributed by atoms with Gasteiger partial charge in [0.05, 0.1) is 6.20 Å². The molecule has 0 atom stereocenters. The molecule has 0 amide bonds. The van der Waals surface area contributed by atoms with Gasteiger partial charge in [-0.05, 0) is 35.0 Å². The monoisotopic (exact) mass is 365 g/mol. The molecule has 3 aromatic rings. The van der Waals surface area contributed by atoms with Gasteiger partial charge in [-0.3, -0.25) is 9.40 Å². The largest absolute Gasteiger partial charge is 0.280 e. The molecule has 1 aromatic heterocycles. The van der Waals surface area contributed by atoms with Crippen LogP contribution in [0.25, 0.3) is 10.8 Å². The second-order valence-corrected chi connectivity index (χ2v) is 7.26. The van der Waals surface area contributed by atoms with Gasteiger partial charge in [0.2, 0.25) is 0 Å². The molecule has 108 valence electrons. The highest BCUT2D eigenvalue weighted by Gasteiger charge is 2.16. The summed E-state index contributed by atoms with van der Waals surface area (Å²) in [6.07, 6.45) is 2.78. The molecule has 0 radical (unpaired) electrons. The van der Waals surface area contributed by atoms with E-state index in [0.29, 0.717) is 5.69 Å². The number of anilines is 1. The predicted molar refractivity (Wildman–Crippen MR) is 85.7 cm³/mol. The Morgan fingerprint density at radius 2 is 1.86 bits per heavy atom. The minimum absolute atomic E-state index is 0.140. The van der Waals surface area contributed by atoms with Crippen LogP contribution in [0.1, 0.15) is 0 Å². The third-order valence-corrected chi connectivity index (χ3v) is 4.88. The van der Waals surface area contributed by atoms with Gasteiger partial charge in [-0.2, -0.15) is 5.10 Å². The Bertz CT molecular complexity index is 919. The van der Waals surface area contributed by atoms with E-state index in [0.717, 1.165) is 15.2 Å². The molecule has 0 spiro atoms. The summed E-state index contributed by atoms with van der Waals surface area (Å²) in [5.41, 5.74) is 0.522. The molecule has 21 heavy (non-hydrogen) atoms. The Hall–Kier alpha value is -1.86. The third kappa shape index (κ3) is 2.93. The van der Waals surface area contributed by atoms with Gasteiger partial charge in [-0.25, -0.2) is 8.42 Å². The molecule has 7 heteroatoms. The average molecular weight is 366 g/mol. The van der Waals surface area contributed by atoms with Crippen molar-refractivity contribution in [1.29, 1.82) is 0 Å². The third-order valence-electron chi connectivity index (χ3n) is 3.05. The minimum Gasteiger partial charge on any atom is -0.280 e. The number of aryl methyl sites for hydroxylation is 1. The Morgan fingerprint density at radius 3 is 2.57 bits per heavy atom. The molecule has 3 rings (SSSR count). The lowest BCUT2D eigenvalue weighted by molar-refractivity contribution is 0.601. The van der Waals surface area contributed by atoms with Crippen LogP contribution < -0.4 is 4.72 Å². The van der Waals surface area contributed by atoms with E-state index in [1.54, 1.807) is 19.2 Å². The van der Waals surface area contributed by atoms with E-state index < -0.39 is 10.0 Å². The number of rotatable bonds is 3. The zero-order valence-corrected chi connectivity index (χ0v) is 13.5. The van der Waals surface area contributed by atoms with Crippen molar-refractivity contribution in [2.24, 2.45) is 7.05 Å². The van der Waals surface area contributed by atoms with Crippen LogP contribution in [0.5, 0.6) is 0 Å². The topological polar surface area (TPSA) is 64.0 Å². The Kier molecular flexibility index (Phi) is 3.46. The smallest absolute Gasteiger partial charge is 0.265 e. The first kappa shape index (κ1) is 14.1. The van der Waals surface area contributed by atoms with Crippen LogP contribution in [-0.4, -0.2) is 18.2 Å². The maximum Gasteiger partial charge on any atom is 0.265 e. The van der Waals surface area contributed by atoms with Crippen LogP contribution in [0.2, 0.25) is 0 Å². The lowest BCUT2D eigenvalue weighted by atomic mass is 10.1. The van der Waals surface area contributed by atoms with Gasteiger partial charge in [0.15, 0.2) is 0 Å². The van der Waals surface area contributed by atoms with Crippen LogP contribution >= 0.6 is 15.9 Å². The van der Waals surface area contributed by atoms with Gasteiger partial charge in [-0.15, -0.1) is 0 Å². The Balaban J connectivity index is 1.96. The molecule has 1 heterocycles. The van der Waals surface area contributed by atoms with Gasteiger partial charge >= 0.3 is 0 Å². The summed E-state index contributed by atoms with van der Waals surface area (Å²) in [7, 11) is -1.94. The first-order chi connectivity index (χ1) is 9.94. The van der Waals surface area contributed by atoms with Crippen molar-refractivity contribution in [3.63, 3.8) is 0 Å². The van der Waals surface area contributed by atoms with Crippen LogP contribution in [0.3, 0.4) is 0 Å². The van der Waals surface area contributed by atoms with Gasteiger partial charge in [-0.1, -0.05) is 28.1 Å². The summed E-state index contributed by atoms with van der Waals surface area (Å²) in [5, 5.41) is 5.87. The van der Waals surface area contributed by atoms with E-state index in [2.05, 4.69) is 25.8 Å². The fourth-order valence-electron chi connectivity index (χ4n) is 2.03. The second-order valence-electron chi connectivity index (χ2n) is 4.66. The van der Waals surface area contributed by atoms with Crippen molar-refractivity contribution in [2.75, 3.05) is 4.72 Å². The SMILES string of the molecule is Cn1cc(S(=O)(=O)Nc2ccc3cc(Br)ccc3c2)cn1. The quantitative estimate of drug-likeness (QED) is 0.775. The number of nitrogens with one attached hydrogen (secondary N) is 1. The van der Waals surface area contributed by atoms with Crippen LogP contribution in [0.15, 0.2) is 58.2 Å². The standard InChI is InChI=1S/C14H12BrN3O2S/c1-18-9-14(8-16-18)21(19,20)17-13-5-3-10-6-12(15)4-2-11(10)7-13/h2-9,17H,1H3.